The van der Waals surface area contributed by atoms with Gasteiger partial charge in [-0.3, -0.25) is 0 Å². The molecule has 0 amide bonds. The molecule has 16 heavy (non-hydrogen) atoms. The summed E-state index contributed by atoms with van der Waals surface area (Å²) in [6, 6.07) is 15.3. The first-order valence-electron chi connectivity index (χ1n) is 5.32. The number of rotatable bonds is 0. The molecule has 0 aliphatic rings. The van der Waals surface area contributed by atoms with Gasteiger partial charge in [0.1, 0.15) is 0 Å². The molecule has 0 N–H and O–H groups in total. The number of benzene rings is 2. The van der Waals surface area contributed by atoms with Crippen molar-refractivity contribution in [3.63, 3.8) is 0 Å². The van der Waals surface area contributed by atoms with Crippen LogP contribution in [-0.4, -0.2) is 0 Å². The fourth-order valence-electron chi connectivity index (χ4n) is 2.28. The van der Waals surface area contributed by atoms with Crippen molar-refractivity contribution in [2.45, 2.75) is 13.8 Å². The minimum Gasteiger partial charge on any atom is -0.126 e. The van der Waals surface area contributed by atoms with Crippen molar-refractivity contribution in [3.05, 3.63) is 53.6 Å². The van der Waals surface area contributed by atoms with E-state index in [2.05, 4.69) is 56.3 Å². The standard InChI is InChI=1S/C15H13.Li/c1-10-7-8-14-13-6-4-3-5-12(13)9-15(14)11(10)2;/h3-9H,1-2H3;/q-1;+1. The maximum Gasteiger partial charge on any atom is 1.00 e. The summed E-state index contributed by atoms with van der Waals surface area (Å²) < 4.78 is 0. The zero-order chi connectivity index (χ0) is 10.4. The summed E-state index contributed by atoms with van der Waals surface area (Å²) in [5.74, 6) is 0. The molecule has 0 saturated heterocycles. The molecular formula is C15H13Li. The first-order valence-corrected chi connectivity index (χ1v) is 5.32. The molecule has 0 spiro atoms. The van der Waals surface area contributed by atoms with Gasteiger partial charge in [0.15, 0.2) is 0 Å². The predicted molar refractivity (Wildman–Crippen MR) is 66.5 cm³/mol. The van der Waals surface area contributed by atoms with Crippen LogP contribution in [0.15, 0.2) is 42.5 Å². The van der Waals surface area contributed by atoms with Gasteiger partial charge in [-0.15, -0.1) is 39.2 Å². The fraction of sp³-hybridized carbons (Fsp3) is 0.133. The van der Waals surface area contributed by atoms with Crippen LogP contribution in [0.2, 0.25) is 0 Å². The van der Waals surface area contributed by atoms with Gasteiger partial charge in [-0.05, 0) is 6.92 Å². The molecule has 0 aromatic heterocycles. The molecule has 0 saturated carbocycles. The zero-order valence-corrected chi connectivity index (χ0v) is 10.0. The van der Waals surface area contributed by atoms with E-state index in [1.54, 1.807) is 0 Å². The predicted octanol–water partition coefficient (Wildman–Crippen LogP) is 1.33. The smallest absolute Gasteiger partial charge is 0.126 e. The van der Waals surface area contributed by atoms with Crippen molar-refractivity contribution < 1.29 is 18.9 Å². The van der Waals surface area contributed by atoms with Gasteiger partial charge in [0.2, 0.25) is 0 Å². The molecule has 0 bridgehead atoms. The van der Waals surface area contributed by atoms with Crippen LogP contribution < -0.4 is 18.9 Å². The molecule has 0 heterocycles. The van der Waals surface area contributed by atoms with Gasteiger partial charge in [0.25, 0.3) is 0 Å². The Labute approximate surface area is 108 Å². The summed E-state index contributed by atoms with van der Waals surface area (Å²) in [5, 5.41) is 5.50. The van der Waals surface area contributed by atoms with E-state index in [-0.39, 0.29) is 18.9 Å². The third-order valence-corrected chi connectivity index (χ3v) is 3.34. The Morgan fingerprint density at radius 3 is 2.44 bits per heavy atom. The van der Waals surface area contributed by atoms with Gasteiger partial charge in [0, 0.05) is 0 Å². The van der Waals surface area contributed by atoms with Gasteiger partial charge < -0.3 is 0 Å². The molecule has 0 unspecified atom stereocenters. The fourth-order valence-corrected chi connectivity index (χ4v) is 2.28. The molecule has 0 aliphatic carbocycles. The molecule has 3 rings (SSSR count). The molecule has 0 nitrogen and oxygen atoms in total. The van der Waals surface area contributed by atoms with Crippen LogP contribution in [0.1, 0.15) is 11.1 Å². The maximum absolute atomic E-state index is 2.30. The Hall–Kier alpha value is -1.09. The average Bonchev–Trinajstić information content (AvgIpc) is 2.63. The molecule has 1 heteroatoms. The maximum atomic E-state index is 2.30. The van der Waals surface area contributed by atoms with Crippen molar-refractivity contribution in [2.75, 3.05) is 0 Å². The zero-order valence-electron chi connectivity index (χ0n) is 10.0. The van der Waals surface area contributed by atoms with E-state index in [0.29, 0.717) is 0 Å². The SMILES string of the molecule is Cc1ccc2c([cH-]c3ccccc32)c1C.[Li+]. The summed E-state index contributed by atoms with van der Waals surface area (Å²) >= 11 is 0. The van der Waals surface area contributed by atoms with Crippen LogP contribution in [0.25, 0.3) is 21.5 Å². The summed E-state index contributed by atoms with van der Waals surface area (Å²) in [5.41, 5.74) is 2.78. The third-order valence-electron chi connectivity index (χ3n) is 3.34. The van der Waals surface area contributed by atoms with Crippen molar-refractivity contribution in [3.8, 4) is 0 Å². The molecule has 3 aromatic rings. The summed E-state index contributed by atoms with van der Waals surface area (Å²) in [4.78, 5) is 0. The van der Waals surface area contributed by atoms with E-state index in [0.717, 1.165) is 0 Å². The monoisotopic (exact) mass is 200 g/mol. The molecule has 3 aromatic carbocycles. The minimum atomic E-state index is 0. The average molecular weight is 200 g/mol. The molecule has 0 radical (unpaired) electrons. The summed E-state index contributed by atoms with van der Waals surface area (Å²) in [7, 11) is 0. The van der Waals surface area contributed by atoms with Crippen LogP contribution in [0.3, 0.4) is 0 Å². The van der Waals surface area contributed by atoms with E-state index in [1.807, 2.05) is 0 Å². The van der Waals surface area contributed by atoms with Crippen molar-refractivity contribution in [1.82, 2.24) is 0 Å². The molecule has 0 atom stereocenters. The summed E-state index contributed by atoms with van der Waals surface area (Å²) in [6.07, 6.45) is 0. The van der Waals surface area contributed by atoms with Crippen LogP contribution >= 0.6 is 0 Å². The summed E-state index contributed by atoms with van der Waals surface area (Å²) in [6.45, 7) is 4.38. The first kappa shape index (κ1) is 11.4. The van der Waals surface area contributed by atoms with Crippen LogP contribution in [0.5, 0.6) is 0 Å². The van der Waals surface area contributed by atoms with Gasteiger partial charge in [0.05, 0.1) is 0 Å². The Morgan fingerprint density at radius 2 is 1.62 bits per heavy atom. The van der Waals surface area contributed by atoms with Crippen LogP contribution in [-0.2, 0) is 0 Å². The quantitative estimate of drug-likeness (QED) is 0.379. The second kappa shape index (κ2) is 4.05. The van der Waals surface area contributed by atoms with E-state index < -0.39 is 0 Å². The second-order valence-corrected chi connectivity index (χ2v) is 4.20. The second-order valence-electron chi connectivity index (χ2n) is 4.20. The molecule has 74 valence electrons. The topological polar surface area (TPSA) is 0 Å². The van der Waals surface area contributed by atoms with E-state index in [1.165, 1.54) is 32.7 Å². The molecule has 0 fully saturated rings. The van der Waals surface area contributed by atoms with Gasteiger partial charge in [-0.2, -0.15) is 0 Å². The molecular weight excluding hydrogens is 187 g/mol. The largest absolute Gasteiger partial charge is 1.00 e. The number of hydrogen-bond donors (Lipinski definition) is 0. The van der Waals surface area contributed by atoms with Crippen molar-refractivity contribution in [2.24, 2.45) is 0 Å². The number of aryl methyl sites for hydroxylation is 2. The van der Waals surface area contributed by atoms with E-state index in [4.69, 9.17) is 0 Å². The normalized spacial score (nSPS) is 10.6. The Balaban J connectivity index is 0.000000963. The number of fused-ring (bicyclic) bond motifs is 3. The van der Waals surface area contributed by atoms with Gasteiger partial charge in [-0.1, -0.05) is 42.8 Å². The Morgan fingerprint density at radius 1 is 0.875 bits per heavy atom. The minimum absolute atomic E-state index is 0. The van der Waals surface area contributed by atoms with Gasteiger partial charge in [-0.25, -0.2) is 0 Å². The van der Waals surface area contributed by atoms with Crippen molar-refractivity contribution >= 4 is 21.5 Å². The van der Waals surface area contributed by atoms with Crippen molar-refractivity contribution in [1.29, 1.82) is 0 Å². The molecule has 0 aliphatic heterocycles. The Bertz CT molecular complexity index is 647. The van der Waals surface area contributed by atoms with Crippen LogP contribution in [0, 0.1) is 13.8 Å². The van der Waals surface area contributed by atoms with Gasteiger partial charge >= 0.3 is 18.9 Å². The van der Waals surface area contributed by atoms with E-state index >= 15 is 0 Å². The number of hydrogen-bond acceptors (Lipinski definition) is 0. The Kier molecular flexibility index (Phi) is 2.89. The van der Waals surface area contributed by atoms with E-state index in [9.17, 15) is 0 Å². The third kappa shape index (κ3) is 1.50. The first-order chi connectivity index (χ1) is 7.27. The van der Waals surface area contributed by atoms with Crippen LogP contribution in [0.4, 0.5) is 0 Å².